The Kier molecular flexibility index (Phi) is 5.68. The molecule has 0 aliphatic rings. The van der Waals surface area contributed by atoms with Crippen LogP contribution in [0.4, 0.5) is 0 Å². The van der Waals surface area contributed by atoms with E-state index in [2.05, 4.69) is 10.3 Å². The number of nitrogens with one attached hydrogen (secondary N) is 1. The summed E-state index contributed by atoms with van der Waals surface area (Å²) in [6.45, 7) is 0.515. The Morgan fingerprint density at radius 3 is 2.72 bits per heavy atom. The zero-order valence-electron chi connectivity index (χ0n) is 13.7. The lowest BCUT2D eigenvalue weighted by Gasteiger charge is -2.08. The fourth-order valence-electron chi connectivity index (χ4n) is 2.38. The van der Waals surface area contributed by atoms with Crippen LogP contribution in [-0.2, 0) is 6.42 Å². The molecule has 0 saturated heterocycles. The zero-order valence-corrected chi connectivity index (χ0v) is 15.2. The minimum Gasteiger partial charge on any atom is -0.496 e. The fourth-order valence-corrected chi connectivity index (χ4v) is 3.36. The molecule has 0 aliphatic carbocycles. The smallest absolute Gasteiger partial charge is 0.255 e. The summed E-state index contributed by atoms with van der Waals surface area (Å²) >= 11 is 7.49. The molecular weight excluding hydrogens is 356 g/mol. The van der Waals surface area contributed by atoms with Gasteiger partial charge in [-0.3, -0.25) is 4.79 Å². The minimum absolute atomic E-state index is 0.148. The SMILES string of the molecule is COc1ccccc1C(=O)NCCc1csc(-c2ccc(Cl)cc2)n1. The summed E-state index contributed by atoms with van der Waals surface area (Å²) in [5.41, 5.74) is 2.53. The van der Waals surface area contributed by atoms with E-state index in [1.807, 2.05) is 41.8 Å². The van der Waals surface area contributed by atoms with E-state index in [0.29, 0.717) is 29.3 Å². The van der Waals surface area contributed by atoms with Gasteiger partial charge in [0.15, 0.2) is 0 Å². The molecule has 6 heteroatoms. The van der Waals surface area contributed by atoms with Crippen molar-refractivity contribution in [2.45, 2.75) is 6.42 Å². The van der Waals surface area contributed by atoms with Gasteiger partial charge in [-0.25, -0.2) is 4.98 Å². The number of nitrogens with zero attached hydrogens (tertiary/aromatic N) is 1. The number of hydrogen-bond acceptors (Lipinski definition) is 4. The summed E-state index contributed by atoms with van der Waals surface area (Å²) in [4.78, 5) is 16.9. The van der Waals surface area contributed by atoms with Gasteiger partial charge in [-0.15, -0.1) is 11.3 Å². The Morgan fingerprint density at radius 1 is 1.20 bits per heavy atom. The lowest BCUT2D eigenvalue weighted by atomic mass is 10.2. The highest BCUT2D eigenvalue weighted by molar-refractivity contribution is 7.13. The Morgan fingerprint density at radius 2 is 1.96 bits per heavy atom. The third kappa shape index (κ3) is 4.38. The van der Waals surface area contributed by atoms with E-state index in [-0.39, 0.29) is 5.91 Å². The molecule has 0 radical (unpaired) electrons. The highest BCUT2D eigenvalue weighted by Crippen LogP contribution is 2.25. The van der Waals surface area contributed by atoms with E-state index in [9.17, 15) is 4.79 Å². The van der Waals surface area contributed by atoms with E-state index < -0.39 is 0 Å². The number of rotatable bonds is 6. The molecule has 0 unspecified atom stereocenters. The summed E-state index contributed by atoms with van der Waals surface area (Å²) < 4.78 is 5.21. The monoisotopic (exact) mass is 372 g/mol. The molecule has 0 atom stereocenters. The molecular formula is C19H17ClN2O2S. The van der Waals surface area contributed by atoms with E-state index in [1.165, 1.54) is 0 Å². The van der Waals surface area contributed by atoms with E-state index >= 15 is 0 Å². The van der Waals surface area contributed by atoms with Crippen molar-refractivity contribution in [3.05, 3.63) is 70.2 Å². The third-order valence-electron chi connectivity index (χ3n) is 3.66. The molecule has 0 fully saturated rings. The molecule has 0 saturated carbocycles. The van der Waals surface area contributed by atoms with Crippen LogP contribution in [-0.4, -0.2) is 24.5 Å². The first-order valence-corrected chi connectivity index (χ1v) is 9.04. The first-order valence-electron chi connectivity index (χ1n) is 7.79. The van der Waals surface area contributed by atoms with Gasteiger partial charge in [-0.1, -0.05) is 35.9 Å². The molecule has 0 spiro atoms. The molecule has 25 heavy (non-hydrogen) atoms. The van der Waals surface area contributed by atoms with Crippen LogP contribution < -0.4 is 10.1 Å². The number of thiazole rings is 1. The Balaban J connectivity index is 1.57. The van der Waals surface area contributed by atoms with Crippen LogP contribution in [0.1, 0.15) is 16.1 Å². The summed E-state index contributed by atoms with van der Waals surface area (Å²) in [6, 6.07) is 14.8. The van der Waals surface area contributed by atoms with Crippen molar-refractivity contribution in [1.29, 1.82) is 0 Å². The van der Waals surface area contributed by atoms with E-state index in [0.717, 1.165) is 16.3 Å². The van der Waals surface area contributed by atoms with Crippen LogP contribution >= 0.6 is 22.9 Å². The van der Waals surface area contributed by atoms with Crippen LogP contribution in [0, 0.1) is 0 Å². The maximum absolute atomic E-state index is 12.3. The van der Waals surface area contributed by atoms with Crippen LogP contribution in [0.25, 0.3) is 10.6 Å². The number of carbonyl (C=O) groups excluding carboxylic acids is 1. The average Bonchev–Trinajstić information content (AvgIpc) is 3.11. The van der Waals surface area contributed by atoms with Crippen LogP contribution in [0.5, 0.6) is 5.75 Å². The average molecular weight is 373 g/mol. The number of ether oxygens (including phenoxy) is 1. The Bertz CT molecular complexity index is 862. The van der Waals surface area contributed by atoms with Gasteiger partial charge >= 0.3 is 0 Å². The highest BCUT2D eigenvalue weighted by Gasteiger charge is 2.11. The highest BCUT2D eigenvalue weighted by atomic mass is 35.5. The number of aromatic nitrogens is 1. The quantitative estimate of drug-likeness (QED) is 0.695. The zero-order chi connectivity index (χ0) is 17.6. The normalized spacial score (nSPS) is 10.5. The summed E-state index contributed by atoms with van der Waals surface area (Å²) in [6.07, 6.45) is 0.672. The maximum atomic E-state index is 12.3. The van der Waals surface area contributed by atoms with Gasteiger partial charge < -0.3 is 10.1 Å². The number of hydrogen-bond donors (Lipinski definition) is 1. The number of amides is 1. The van der Waals surface area contributed by atoms with Crippen LogP contribution in [0.2, 0.25) is 5.02 Å². The standard InChI is InChI=1S/C19H17ClN2O2S/c1-24-17-5-3-2-4-16(17)18(23)21-11-10-15-12-25-19(22-15)13-6-8-14(20)9-7-13/h2-9,12H,10-11H2,1H3,(H,21,23). The second-order valence-electron chi connectivity index (χ2n) is 5.36. The topological polar surface area (TPSA) is 51.2 Å². The van der Waals surface area contributed by atoms with Gasteiger partial charge in [-0.2, -0.15) is 0 Å². The molecule has 1 amide bonds. The second-order valence-corrected chi connectivity index (χ2v) is 6.65. The van der Waals surface area contributed by atoms with Crippen molar-refractivity contribution < 1.29 is 9.53 Å². The van der Waals surface area contributed by atoms with Crippen molar-refractivity contribution in [2.75, 3.05) is 13.7 Å². The summed E-state index contributed by atoms with van der Waals surface area (Å²) in [5.74, 6) is 0.421. The van der Waals surface area contributed by atoms with Crippen molar-refractivity contribution in [3.8, 4) is 16.3 Å². The van der Waals surface area contributed by atoms with Crippen molar-refractivity contribution in [3.63, 3.8) is 0 Å². The van der Waals surface area contributed by atoms with Crippen molar-refractivity contribution >= 4 is 28.8 Å². The van der Waals surface area contributed by atoms with Crippen molar-refractivity contribution in [1.82, 2.24) is 10.3 Å². The predicted octanol–water partition coefficient (Wildman–Crippen LogP) is 4.44. The van der Waals surface area contributed by atoms with Gasteiger partial charge in [-0.05, 0) is 24.3 Å². The van der Waals surface area contributed by atoms with Crippen LogP contribution in [0.15, 0.2) is 53.9 Å². The number of carbonyl (C=O) groups is 1. The Labute approximate surface area is 155 Å². The van der Waals surface area contributed by atoms with Gasteiger partial charge in [0.2, 0.25) is 0 Å². The van der Waals surface area contributed by atoms with Gasteiger partial charge in [0.05, 0.1) is 18.4 Å². The molecule has 0 bridgehead atoms. The summed E-state index contributed by atoms with van der Waals surface area (Å²) in [5, 5.41) is 6.57. The van der Waals surface area contributed by atoms with Crippen molar-refractivity contribution in [2.24, 2.45) is 0 Å². The third-order valence-corrected chi connectivity index (χ3v) is 4.85. The maximum Gasteiger partial charge on any atom is 0.255 e. The molecule has 4 nitrogen and oxygen atoms in total. The first kappa shape index (κ1) is 17.5. The Hall–Kier alpha value is -2.37. The predicted molar refractivity (Wildman–Crippen MR) is 102 cm³/mol. The minimum atomic E-state index is -0.148. The number of methoxy groups -OCH3 is 1. The first-order chi connectivity index (χ1) is 12.2. The molecule has 3 aromatic rings. The fraction of sp³-hybridized carbons (Fsp3) is 0.158. The van der Waals surface area contributed by atoms with Gasteiger partial charge in [0.1, 0.15) is 10.8 Å². The number of benzene rings is 2. The molecule has 1 N–H and O–H groups in total. The molecule has 0 aliphatic heterocycles. The largest absolute Gasteiger partial charge is 0.496 e. The number of halogens is 1. The molecule has 2 aromatic carbocycles. The van der Waals surface area contributed by atoms with Crippen LogP contribution in [0.3, 0.4) is 0 Å². The second kappa shape index (κ2) is 8.14. The molecule has 3 rings (SSSR count). The lowest BCUT2D eigenvalue weighted by molar-refractivity contribution is 0.0951. The molecule has 1 heterocycles. The summed E-state index contributed by atoms with van der Waals surface area (Å²) in [7, 11) is 1.56. The number of para-hydroxylation sites is 1. The molecule has 1 aromatic heterocycles. The lowest BCUT2D eigenvalue weighted by Crippen LogP contribution is -2.26. The molecule has 128 valence electrons. The van der Waals surface area contributed by atoms with Gasteiger partial charge in [0.25, 0.3) is 5.91 Å². The van der Waals surface area contributed by atoms with E-state index in [4.69, 9.17) is 16.3 Å². The van der Waals surface area contributed by atoms with Gasteiger partial charge in [0, 0.05) is 28.9 Å². The van der Waals surface area contributed by atoms with E-state index in [1.54, 1.807) is 30.6 Å².